The molecule has 0 aliphatic heterocycles. The number of hydrogen-bond donors (Lipinski definition) is 1. The maximum Gasteiger partial charge on any atom is 0.336 e. The molecule has 0 radical (unpaired) electrons. The van der Waals surface area contributed by atoms with Crippen LogP contribution in [0.15, 0.2) is 24.3 Å². The van der Waals surface area contributed by atoms with Crippen LogP contribution in [0.3, 0.4) is 0 Å². The van der Waals surface area contributed by atoms with Gasteiger partial charge in [0.1, 0.15) is 5.75 Å². The average molecular weight is 271 g/mol. The summed E-state index contributed by atoms with van der Waals surface area (Å²) in [7, 11) is 1.55. The quantitative estimate of drug-likeness (QED) is 0.856. The van der Waals surface area contributed by atoms with E-state index in [1.165, 1.54) is 6.07 Å². The normalized spacial score (nSPS) is 10.5. The maximum absolute atomic E-state index is 10.9. The van der Waals surface area contributed by atoms with Crippen molar-refractivity contribution in [3.63, 3.8) is 0 Å². The fourth-order valence-corrected chi connectivity index (χ4v) is 1.36. The molecule has 0 heterocycles. The predicted molar refractivity (Wildman–Crippen MR) is 62.8 cm³/mol. The molecule has 0 aliphatic rings. The summed E-state index contributed by atoms with van der Waals surface area (Å²) in [5.41, 5.74) is 0.911. The van der Waals surface area contributed by atoms with Gasteiger partial charge in [0.15, 0.2) is 0 Å². The lowest BCUT2D eigenvalue weighted by Gasteiger charge is -2.04. The second-order valence-electron chi connectivity index (χ2n) is 2.82. The van der Waals surface area contributed by atoms with Gasteiger partial charge in [-0.25, -0.2) is 4.79 Å². The molecule has 0 aliphatic carbocycles. The minimum absolute atomic E-state index is 0.271. The minimum Gasteiger partial charge on any atom is -0.497 e. The van der Waals surface area contributed by atoms with Gasteiger partial charge < -0.3 is 9.84 Å². The third-order valence-corrected chi connectivity index (χ3v) is 2.25. The standard InChI is InChI=1S/C11H11BrO3/c1-15-9-4-5-10(11(13)14)8(7-9)3-2-6-12/h2-5,7H,6H2,1H3,(H,13,14). The zero-order valence-electron chi connectivity index (χ0n) is 8.24. The lowest BCUT2D eigenvalue weighted by molar-refractivity contribution is 0.0696. The lowest BCUT2D eigenvalue weighted by Crippen LogP contribution is -1.99. The van der Waals surface area contributed by atoms with Crippen LogP contribution in [0.25, 0.3) is 6.08 Å². The number of alkyl halides is 1. The van der Waals surface area contributed by atoms with Crippen molar-refractivity contribution in [2.75, 3.05) is 12.4 Å². The number of aromatic carboxylic acids is 1. The Bertz CT molecular complexity index is 385. The number of benzene rings is 1. The maximum atomic E-state index is 10.9. The van der Waals surface area contributed by atoms with E-state index in [9.17, 15) is 4.79 Å². The Balaban J connectivity index is 3.16. The number of carbonyl (C=O) groups is 1. The van der Waals surface area contributed by atoms with Gasteiger partial charge in [0.2, 0.25) is 0 Å². The molecule has 4 heteroatoms. The molecular weight excluding hydrogens is 260 g/mol. The molecule has 0 fully saturated rings. The number of allylic oxidation sites excluding steroid dienone is 1. The van der Waals surface area contributed by atoms with Gasteiger partial charge in [-0.3, -0.25) is 0 Å². The average Bonchev–Trinajstić information content (AvgIpc) is 2.25. The fourth-order valence-electron chi connectivity index (χ4n) is 1.17. The second kappa shape index (κ2) is 5.56. The van der Waals surface area contributed by atoms with Crippen molar-refractivity contribution in [3.05, 3.63) is 35.4 Å². The van der Waals surface area contributed by atoms with Crippen LogP contribution in [-0.2, 0) is 0 Å². The number of ether oxygens (including phenoxy) is 1. The van der Waals surface area contributed by atoms with E-state index in [1.807, 2.05) is 6.08 Å². The van der Waals surface area contributed by atoms with Crippen molar-refractivity contribution in [2.45, 2.75) is 0 Å². The number of hydrogen-bond acceptors (Lipinski definition) is 2. The van der Waals surface area contributed by atoms with Gasteiger partial charge in [0.25, 0.3) is 0 Å². The first-order valence-corrected chi connectivity index (χ1v) is 5.45. The SMILES string of the molecule is COc1ccc(C(=O)O)c(C=CCBr)c1. The van der Waals surface area contributed by atoms with Crippen LogP contribution < -0.4 is 4.74 Å². The first kappa shape index (κ1) is 11.8. The summed E-state index contributed by atoms with van der Waals surface area (Å²) < 4.78 is 5.03. The Kier molecular flexibility index (Phi) is 4.37. The van der Waals surface area contributed by atoms with E-state index in [2.05, 4.69) is 15.9 Å². The van der Waals surface area contributed by atoms with Gasteiger partial charge >= 0.3 is 5.97 Å². The number of carboxylic acid groups (broad SMARTS) is 1. The minimum atomic E-state index is -0.938. The number of halogens is 1. The topological polar surface area (TPSA) is 46.5 Å². The third-order valence-electron chi connectivity index (χ3n) is 1.88. The Morgan fingerprint density at radius 1 is 1.60 bits per heavy atom. The Morgan fingerprint density at radius 2 is 2.33 bits per heavy atom. The molecule has 1 aromatic carbocycles. The molecule has 80 valence electrons. The summed E-state index contributed by atoms with van der Waals surface area (Å²) in [6, 6.07) is 4.87. The molecule has 1 N–H and O–H groups in total. The Labute approximate surface area is 96.5 Å². The first-order chi connectivity index (χ1) is 7.19. The smallest absolute Gasteiger partial charge is 0.336 e. The number of rotatable bonds is 4. The number of methoxy groups -OCH3 is 1. The molecule has 0 saturated carbocycles. The molecule has 0 aromatic heterocycles. The van der Waals surface area contributed by atoms with Gasteiger partial charge in [0.05, 0.1) is 12.7 Å². The summed E-state index contributed by atoms with van der Waals surface area (Å²) in [4.78, 5) is 10.9. The predicted octanol–water partition coefficient (Wildman–Crippen LogP) is 2.80. The van der Waals surface area contributed by atoms with Gasteiger partial charge in [-0.2, -0.15) is 0 Å². The van der Waals surface area contributed by atoms with Crippen LogP contribution in [0, 0.1) is 0 Å². The van der Waals surface area contributed by atoms with Crippen LogP contribution in [0.5, 0.6) is 5.75 Å². The van der Waals surface area contributed by atoms with E-state index in [-0.39, 0.29) is 5.56 Å². The van der Waals surface area contributed by atoms with E-state index in [0.29, 0.717) is 16.6 Å². The molecule has 1 aromatic rings. The van der Waals surface area contributed by atoms with Crippen molar-refractivity contribution in [2.24, 2.45) is 0 Å². The second-order valence-corrected chi connectivity index (χ2v) is 3.46. The van der Waals surface area contributed by atoms with Gasteiger partial charge in [-0.1, -0.05) is 28.1 Å². The highest BCUT2D eigenvalue weighted by Crippen LogP contribution is 2.19. The number of carboxylic acids is 1. The van der Waals surface area contributed by atoms with E-state index < -0.39 is 5.97 Å². The first-order valence-electron chi connectivity index (χ1n) is 4.33. The van der Waals surface area contributed by atoms with E-state index in [1.54, 1.807) is 25.3 Å². The third kappa shape index (κ3) is 3.09. The van der Waals surface area contributed by atoms with Crippen LogP contribution >= 0.6 is 15.9 Å². The summed E-state index contributed by atoms with van der Waals surface area (Å²) in [6.07, 6.45) is 3.59. The van der Waals surface area contributed by atoms with Crippen molar-refractivity contribution in [3.8, 4) is 5.75 Å². The molecule has 15 heavy (non-hydrogen) atoms. The molecule has 3 nitrogen and oxygen atoms in total. The summed E-state index contributed by atoms with van der Waals surface area (Å²) in [5, 5.41) is 9.63. The molecule has 1 rings (SSSR count). The fraction of sp³-hybridized carbons (Fsp3) is 0.182. The molecule has 0 bridgehead atoms. The van der Waals surface area contributed by atoms with Crippen LogP contribution in [0.2, 0.25) is 0 Å². The van der Waals surface area contributed by atoms with Crippen LogP contribution in [0.1, 0.15) is 15.9 Å². The summed E-state index contributed by atoms with van der Waals surface area (Å²) in [5.74, 6) is -0.291. The largest absolute Gasteiger partial charge is 0.497 e. The Hall–Kier alpha value is -1.29. The highest BCUT2D eigenvalue weighted by atomic mass is 79.9. The molecule has 0 amide bonds. The lowest BCUT2D eigenvalue weighted by atomic mass is 10.1. The highest BCUT2D eigenvalue weighted by molar-refractivity contribution is 9.09. The van der Waals surface area contributed by atoms with Gasteiger partial charge in [-0.15, -0.1) is 0 Å². The zero-order valence-corrected chi connectivity index (χ0v) is 9.82. The molecule has 0 atom stereocenters. The van der Waals surface area contributed by atoms with E-state index in [4.69, 9.17) is 9.84 Å². The van der Waals surface area contributed by atoms with Crippen molar-refractivity contribution < 1.29 is 14.6 Å². The van der Waals surface area contributed by atoms with E-state index in [0.717, 1.165) is 0 Å². The molecule has 0 spiro atoms. The van der Waals surface area contributed by atoms with Crippen LogP contribution in [-0.4, -0.2) is 23.5 Å². The van der Waals surface area contributed by atoms with Crippen molar-refractivity contribution in [1.29, 1.82) is 0 Å². The van der Waals surface area contributed by atoms with Crippen molar-refractivity contribution >= 4 is 28.0 Å². The Morgan fingerprint density at radius 3 is 2.87 bits per heavy atom. The summed E-state index contributed by atoms with van der Waals surface area (Å²) >= 11 is 3.24. The molecular formula is C11H11BrO3. The van der Waals surface area contributed by atoms with Crippen LogP contribution in [0.4, 0.5) is 0 Å². The van der Waals surface area contributed by atoms with E-state index >= 15 is 0 Å². The summed E-state index contributed by atoms with van der Waals surface area (Å²) in [6.45, 7) is 0. The van der Waals surface area contributed by atoms with Gasteiger partial charge in [-0.05, 0) is 23.8 Å². The highest BCUT2D eigenvalue weighted by Gasteiger charge is 2.08. The van der Waals surface area contributed by atoms with Crippen molar-refractivity contribution in [1.82, 2.24) is 0 Å². The zero-order chi connectivity index (χ0) is 11.3. The molecule has 0 saturated heterocycles. The molecule has 0 unspecified atom stereocenters. The van der Waals surface area contributed by atoms with Gasteiger partial charge in [0, 0.05) is 5.33 Å². The monoisotopic (exact) mass is 270 g/mol.